The number of nitrogens with two attached hydrogens (primary N) is 1. The topological polar surface area (TPSA) is 133 Å². The van der Waals surface area contributed by atoms with Crippen LogP contribution in [0.15, 0.2) is 41.0 Å². The van der Waals surface area contributed by atoms with Crippen molar-refractivity contribution in [3.63, 3.8) is 0 Å². The Morgan fingerprint density at radius 2 is 1.83 bits per heavy atom. The summed E-state index contributed by atoms with van der Waals surface area (Å²) < 4.78 is 0. The van der Waals surface area contributed by atoms with E-state index in [2.05, 4.69) is 38.5 Å². The summed E-state index contributed by atoms with van der Waals surface area (Å²) >= 11 is 0. The Bertz CT molecular complexity index is 782. The number of carbonyl (C=O) groups excluding carboxylic acids is 2. The van der Waals surface area contributed by atoms with Crippen molar-refractivity contribution in [1.29, 1.82) is 0 Å². The summed E-state index contributed by atoms with van der Waals surface area (Å²) in [5, 5.41) is 15.0. The highest BCUT2D eigenvalue weighted by Gasteiger charge is 2.25. The highest BCUT2D eigenvalue weighted by molar-refractivity contribution is 6.06. The molecule has 0 bridgehead atoms. The van der Waals surface area contributed by atoms with Gasteiger partial charge in [0.15, 0.2) is 5.96 Å². The molecule has 1 aromatic carbocycles. The molecule has 1 unspecified atom stereocenters. The van der Waals surface area contributed by atoms with Crippen LogP contribution in [-0.2, 0) is 9.59 Å². The maximum Gasteiger partial charge on any atom is 0.256 e. The third kappa shape index (κ3) is 7.49. The molecule has 9 nitrogen and oxygen atoms in total. The van der Waals surface area contributed by atoms with Gasteiger partial charge in [-0.1, -0.05) is 26.8 Å². The SMILES string of the molecule is CC.CCCNC1NC(=NC)NC=C1C(=O)Nc1cccc(NC(=O)C(C)(C)N)c1. The zero-order valence-corrected chi connectivity index (χ0v) is 18.7. The summed E-state index contributed by atoms with van der Waals surface area (Å²) in [6.45, 7) is 10.0. The van der Waals surface area contributed by atoms with Crippen molar-refractivity contribution >= 4 is 29.1 Å². The molecule has 9 heteroatoms. The maximum atomic E-state index is 12.8. The first-order valence-electron chi connectivity index (χ1n) is 10.2. The van der Waals surface area contributed by atoms with Gasteiger partial charge in [0.1, 0.15) is 6.17 Å². The van der Waals surface area contributed by atoms with Crippen molar-refractivity contribution in [3.05, 3.63) is 36.0 Å². The van der Waals surface area contributed by atoms with Crippen LogP contribution in [0, 0.1) is 0 Å². The molecule has 30 heavy (non-hydrogen) atoms. The van der Waals surface area contributed by atoms with Crippen LogP contribution in [0.1, 0.15) is 41.0 Å². The Morgan fingerprint density at radius 3 is 2.40 bits per heavy atom. The molecule has 2 rings (SSSR count). The molecule has 1 atom stereocenters. The van der Waals surface area contributed by atoms with Crippen LogP contribution in [-0.4, -0.2) is 43.1 Å². The summed E-state index contributed by atoms with van der Waals surface area (Å²) in [6, 6.07) is 6.91. The lowest BCUT2D eigenvalue weighted by Crippen LogP contribution is -2.55. The number of guanidine groups is 1. The molecule has 0 aliphatic carbocycles. The van der Waals surface area contributed by atoms with E-state index in [-0.39, 0.29) is 18.0 Å². The van der Waals surface area contributed by atoms with Crippen molar-refractivity contribution in [3.8, 4) is 0 Å². The fourth-order valence-electron chi connectivity index (χ4n) is 2.43. The van der Waals surface area contributed by atoms with E-state index in [9.17, 15) is 9.59 Å². The highest BCUT2D eigenvalue weighted by atomic mass is 16.2. The molecule has 0 spiro atoms. The third-order valence-electron chi connectivity index (χ3n) is 4.00. The minimum absolute atomic E-state index is 0.272. The Kier molecular flexibility index (Phi) is 10.00. The van der Waals surface area contributed by atoms with Gasteiger partial charge in [-0.3, -0.25) is 19.9 Å². The number of nitrogens with zero attached hydrogens (tertiary/aromatic N) is 1. The summed E-state index contributed by atoms with van der Waals surface area (Å²) in [5.74, 6) is 0.000210. The molecular weight excluding hydrogens is 382 g/mol. The lowest BCUT2D eigenvalue weighted by molar-refractivity contribution is -0.120. The van der Waals surface area contributed by atoms with Gasteiger partial charge in [-0.05, 0) is 45.0 Å². The van der Waals surface area contributed by atoms with Gasteiger partial charge in [0.25, 0.3) is 5.91 Å². The monoisotopic (exact) mass is 417 g/mol. The molecule has 0 saturated carbocycles. The number of anilines is 2. The quantitative estimate of drug-likeness (QED) is 0.400. The van der Waals surface area contributed by atoms with Crippen molar-refractivity contribution in [2.45, 2.75) is 52.7 Å². The Labute approximate surface area is 179 Å². The predicted molar refractivity (Wildman–Crippen MR) is 123 cm³/mol. The number of hydrogen-bond donors (Lipinski definition) is 6. The molecule has 166 valence electrons. The van der Waals surface area contributed by atoms with Gasteiger partial charge in [0.2, 0.25) is 5.91 Å². The van der Waals surface area contributed by atoms with E-state index >= 15 is 0 Å². The molecule has 1 aliphatic rings. The van der Waals surface area contributed by atoms with Gasteiger partial charge in [0, 0.05) is 24.6 Å². The van der Waals surface area contributed by atoms with Gasteiger partial charge < -0.3 is 27.0 Å². The second-order valence-corrected chi connectivity index (χ2v) is 7.06. The van der Waals surface area contributed by atoms with Gasteiger partial charge >= 0.3 is 0 Å². The first-order chi connectivity index (χ1) is 14.2. The minimum atomic E-state index is -1.000. The van der Waals surface area contributed by atoms with Gasteiger partial charge in [-0.25, -0.2) is 0 Å². The fourth-order valence-corrected chi connectivity index (χ4v) is 2.43. The van der Waals surface area contributed by atoms with Crippen LogP contribution in [0.4, 0.5) is 11.4 Å². The van der Waals surface area contributed by atoms with Gasteiger partial charge in [0.05, 0.1) is 11.1 Å². The normalized spacial score (nSPS) is 17.0. The summed E-state index contributed by atoms with van der Waals surface area (Å²) in [4.78, 5) is 28.9. The Balaban J connectivity index is 0.00000218. The lowest BCUT2D eigenvalue weighted by atomic mass is 10.1. The van der Waals surface area contributed by atoms with E-state index in [1.807, 2.05) is 13.8 Å². The standard InChI is InChI=1S/C19H29N7O2.C2H6/c1-5-9-22-15-14(11-23-18(21-4)26-15)16(27)24-12-7-6-8-13(10-12)25-17(28)19(2,3)20;1-2/h6-8,10-11,15,22H,5,9,20H2,1-4H3,(H,24,27)(H,25,28)(H2,21,23,26);1-2H3. The number of benzene rings is 1. The van der Waals surface area contributed by atoms with Gasteiger partial charge in [-0.2, -0.15) is 0 Å². The predicted octanol–water partition coefficient (Wildman–Crippen LogP) is 1.72. The number of carbonyl (C=O) groups is 2. The molecule has 0 saturated heterocycles. The first-order valence-corrected chi connectivity index (χ1v) is 10.2. The van der Waals surface area contributed by atoms with E-state index in [1.54, 1.807) is 51.4 Å². The average Bonchev–Trinajstić information content (AvgIpc) is 2.73. The third-order valence-corrected chi connectivity index (χ3v) is 4.00. The summed E-state index contributed by atoms with van der Waals surface area (Å²) in [5.41, 5.74) is 6.41. The van der Waals surface area contributed by atoms with Crippen molar-refractivity contribution < 1.29 is 9.59 Å². The van der Waals surface area contributed by atoms with Crippen LogP contribution in [0.5, 0.6) is 0 Å². The van der Waals surface area contributed by atoms with E-state index in [0.29, 0.717) is 22.9 Å². The van der Waals surface area contributed by atoms with Crippen LogP contribution < -0.4 is 32.3 Å². The molecule has 1 aliphatic heterocycles. The average molecular weight is 418 g/mol. The van der Waals surface area contributed by atoms with Crippen LogP contribution in [0.2, 0.25) is 0 Å². The van der Waals surface area contributed by atoms with E-state index in [1.165, 1.54) is 0 Å². The summed E-state index contributed by atoms with van der Waals surface area (Å²) in [7, 11) is 1.66. The van der Waals surface area contributed by atoms with Crippen molar-refractivity contribution in [2.24, 2.45) is 10.7 Å². The largest absolute Gasteiger partial charge is 0.336 e. The highest BCUT2D eigenvalue weighted by Crippen LogP contribution is 2.18. The Hall–Kier alpha value is -2.91. The molecular formula is C21H35N7O2. The van der Waals surface area contributed by atoms with Crippen LogP contribution in [0.25, 0.3) is 0 Å². The van der Waals surface area contributed by atoms with Crippen LogP contribution >= 0.6 is 0 Å². The second kappa shape index (κ2) is 11.9. The number of amides is 2. The number of rotatable bonds is 7. The fraction of sp³-hybridized carbons (Fsp3) is 0.476. The van der Waals surface area contributed by atoms with E-state index in [0.717, 1.165) is 13.0 Å². The number of hydrogen-bond acceptors (Lipinski definition) is 5. The molecule has 1 aromatic rings. The molecule has 1 heterocycles. The number of nitrogens with one attached hydrogen (secondary N) is 5. The van der Waals surface area contributed by atoms with E-state index < -0.39 is 5.54 Å². The second-order valence-electron chi connectivity index (χ2n) is 7.06. The van der Waals surface area contributed by atoms with E-state index in [4.69, 9.17) is 5.73 Å². The first kappa shape index (κ1) is 25.1. The Morgan fingerprint density at radius 1 is 1.20 bits per heavy atom. The van der Waals surface area contributed by atoms with Gasteiger partial charge in [-0.15, -0.1) is 0 Å². The zero-order chi connectivity index (χ0) is 22.7. The minimum Gasteiger partial charge on any atom is -0.336 e. The lowest BCUT2D eigenvalue weighted by Gasteiger charge is -2.28. The molecule has 0 aromatic heterocycles. The molecule has 2 amide bonds. The molecule has 0 radical (unpaired) electrons. The van der Waals surface area contributed by atoms with Crippen LogP contribution in [0.3, 0.4) is 0 Å². The molecule has 7 N–H and O–H groups in total. The van der Waals surface area contributed by atoms with Crippen molar-refractivity contribution in [2.75, 3.05) is 24.2 Å². The zero-order valence-electron chi connectivity index (χ0n) is 18.7. The summed E-state index contributed by atoms with van der Waals surface area (Å²) in [6.07, 6.45) is 2.20. The molecule has 0 fully saturated rings. The number of aliphatic imine (C=N–C) groups is 1. The maximum absolute atomic E-state index is 12.8. The smallest absolute Gasteiger partial charge is 0.256 e. The van der Waals surface area contributed by atoms with Crippen molar-refractivity contribution in [1.82, 2.24) is 16.0 Å².